The number of hydrogen-bond donors (Lipinski definition) is 1. The lowest BCUT2D eigenvalue weighted by Crippen LogP contribution is -1.85. The molecule has 3 nitrogen and oxygen atoms in total. The Morgan fingerprint density at radius 3 is 2.71 bits per heavy atom. The minimum atomic E-state index is 0.217. The van der Waals surface area contributed by atoms with Crippen molar-refractivity contribution in [3.8, 4) is 0 Å². The summed E-state index contributed by atoms with van der Waals surface area (Å²) in [4.78, 5) is 11.1. The monoisotopic (exact) mass is 190 g/mol. The number of nitrogens with zero attached hydrogens (tertiary/aromatic N) is 1. The predicted octanol–water partition coefficient (Wildman–Crippen LogP) is 2.28. The lowest BCUT2D eigenvalue weighted by atomic mass is 10.1. The first-order chi connectivity index (χ1) is 6.66. The van der Waals surface area contributed by atoms with Gasteiger partial charge in [-0.25, -0.2) is 0 Å². The zero-order valence-corrected chi connectivity index (χ0v) is 8.50. The summed E-state index contributed by atoms with van der Waals surface area (Å²) in [5, 5.41) is 7.20. The molecule has 0 saturated heterocycles. The number of rotatable bonds is 2. The van der Waals surface area contributed by atoms with Gasteiger partial charge < -0.3 is 0 Å². The zero-order chi connectivity index (χ0) is 10.1. The lowest BCUT2D eigenvalue weighted by molar-refractivity contribution is -0.114. The zero-order valence-electron chi connectivity index (χ0n) is 8.50. The van der Waals surface area contributed by atoms with E-state index in [9.17, 15) is 4.79 Å². The number of H-pyrrole nitrogens is 1. The standard InChI is InChI=1S/C11H14N2O/c1-7(2)10-6-11(13-12-10)8-3-4-9(14)5-8/h5-7H,3-4H2,1-2H3,(H,12,13). The van der Waals surface area contributed by atoms with E-state index >= 15 is 0 Å². The molecule has 1 heterocycles. The van der Waals surface area contributed by atoms with Crippen LogP contribution < -0.4 is 0 Å². The number of aromatic nitrogens is 2. The minimum Gasteiger partial charge on any atom is -0.295 e. The van der Waals surface area contributed by atoms with Crippen molar-refractivity contribution in [2.75, 3.05) is 0 Å². The topological polar surface area (TPSA) is 45.8 Å². The number of nitrogens with one attached hydrogen (secondary N) is 1. The predicted molar refractivity (Wildman–Crippen MR) is 54.9 cm³/mol. The Morgan fingerprint density at radius 1 is 1.43 bits per heavy atom. The second-order valence-corrected chi connectivity index (χ2v) is 4.00. The van der Waals surface area contributed by atoms with Gasteiger partial charge in [0.15, 0.2) is 5.78 Å². The first-order valence-corrected chi connectivity index (χ1v) is 4.96. The van der Waals surface area contributed by atoms with Crippen molar-refractivity contribution in [1.29, 1.82) is 0 Å². The van der Waals surface area contributed by atoms with Gasteiger partial charge in [0.05, 0.1) is 5.69 Å². The van der Waals surface area contributed by atoms with Crippen molar-refractivity contribution in [1.82, 2.24) is 10.2 Å². The molecule has 0 aliphatic heterocycles. The molecule has 2 rings (SSSR count). The Balaban J connectivity index is 2.25. The summed E-state index contributed by atoms with van der Waals surface area (Å²) in [6.45, 7) is 4.23. The van der Waals surface area contributed by atoms with E-state index in [4.69, 9.17) is 0 Å². The summed E-state index contributed by atoms with van der Waals surface area (Å²) in [5.74, 6) is 0.669. The Morgan fingerprint density at radius 2 is 2.21 bits per heavy atom. The van der Waals surface area contributed by atoms with Crippen LogP contribution in [0.2, 0.25) is 0 Å². The van der Waals surface area contributed by atoms with Crippen LogP contribution >= 0.6 is 0 Å². The summed E-state index contributed by atoms with van der Waals surface area (Å²) in [5.41, 5.74) is 3.12. The minimum absolute atomic E-state index is 0.217. The Labute approximate surface area is 83.2 Å². The summed E-state index contributed by atoms with van der Waals surface area (Å²) >= 11 is 0. The summed E-state index contributed by atoms with van der Waals surface area (Å²) in [7, 11) is 0. The Hall–Kier alpha value is -1.38. The first kappa shape index (κ1) is 9.19. The lowest BCUT2D eigenvalue weighted by Gasteiger charge is -1.96. The van der Waals surface area contributed by atoms with Gasteiger partial charge in [-0.2, -0.15) is 5.10 Å². The van der Waals surface area contributed by atoms with Crippen LogP contribution in [0, 0.1) is 0 Å². The van der Waals surface area contributed by atoms with Crippen LogP contribution in [0.15, 0.2) is 12.1 Å². The molecule has 0 spiro atoms. The SMILES string of the molecule is CC(C)c1cc(C2=CC(=O)CC2)n[nH]1. The molecule has 0 aromatic carbocycles. The fraction of sp³-hybridized carbons (Fsp3) is 0.455. The molecule has 0 amide bonds. The number of ketones is 1. The molecule has 0 saturated carbocycles. The number of carbonyl (C=O) groups is 1. The highest BCUT2D eigenvalue weighted by atomic mass is 16.1. The van der Waals surface area contributed by atoms with E-state index in [1.54, 1.807) is 6.08 Å². The maximum Gasteiger partial charge on any atom is 0.156 e. The summed E-state index contributed by atoms with van der Waals surface area (Å²) in [6, 6.07) is 2.04. The third kappa shape index (κ3) is 1.62. The maximum atomic E-state index is 11.1. The van der Waals surface area contributed by atoms with Crippen molar-refractivity contribution in [3.05, 3.63) is 23.5 Å². The van der Waals surface area contributed by atoms with E-state index < -0.39 is 0 Å². The molecule has 3 heteroatoms. The number of carbonyl (C=O) groups excluding carboxylic acids is 1. The highest BCUT2D eigenvalue weighted by Crippen LogP contribution is 2.25. The molecule has 1 aliphatic carbocycles. The van der Waals surface area contributed by atoms with Crippen LogP contribution in [-0.4, -0.2) is 16.0 Å². The molecular weight excluding hydrogens is 176 g/mol. The first-order valence-electron chi connectivity index (χ1n) is 4.96. The number of aromatic amines is 1. The smallest absolute Gasteiger partial charge is 0.156 e. The van der Waals surface area contributed by atoms with Gasteiger partial charge in [0.1, 0.15) is 0 Å². The van der Waals surface area contributed by atoms with Gasteiger partial charge in [-0.1, -0.05) is 13.8 Å². The maximum absolute atomic E-state index is 11.1. The third-order valence-corrected chi connectivity index (χ3v) is 2.52. The molecule has 1 aromatic heterocycles. The van der Waals surface area contributed by atoms with Gasteiger partial charge in [-0.3, -0.25) is 9.89 Å². The van der Waals surface area contributed by atoms with Crippen LogP contribution in [0.4, 0.5) is 0 Å². The quantitative estimate of drug-likeness (QED) is 0.777. The van der Waals surface area contributed by atoms with Gasteiger partial charge in [0, 0.05) is 12.1 Å². The Bertz CT molecular complexity index is 388. The van der Waals surface area contributed by atoms with E-state index in [1.807, 2.05) is 6.07 Å². The highest BCUT2D eigenvalue weighted by Gasteiger charge is 2.16. The molecule has 0 fully saturated rings. The van der Waals surface area contributed by atoms with E-state index in [0.717, 1.165) is 23.4 Å². The van der Waals surface area contributed by atoms with Crippen LogP contribution in [0.3, 0.4) is 0 Å². The van der Waals surface area contributed by atoms with Crippen molar-refractivity contribution >= 4 is 11.4 Å². The average Bonchev–Trinajstić information content (AvgIpc) is 2.70. The Kier molecular flexibility index (Phi) is 2.23. The molecule has 0 atom stereocenters. The fourth-order valence-electron chi connectivity index (χ4n) is 1.60. The number of hydrogen-bond acceptors (Lipinski definition) is 2. The van der Waals surface area contributed by atoms with Crippen molar-refractivity contribution in [3.63, 3.8) is 0 Å². The second-order valence-electron chi connectivity index (χ2n) is 4.00. The molecule has 74 valence electrons. The molecule has 0 radical (unpaired) electrons. The summed E-state index contributed by atoms with van der Waals surface area (Å²) in [6.07, 6.45) is 3.18. The van der Waals surface area contributed by atoms with Gasteiger partial charge in [0.25, 0.3) is 0 Å². The van der Waals surface area contributed by atoms with Gasteiger partial charge >= 0.3 is 0 Å². The highest BCUT2D eigenvalue weighted by molar-refractivity contribution is 6.01. The van der Waals surface area contributed by atoms with Crippen LogP contribution in [0.1, 0.15) is 44.0 Å². The van der Waals surface area contributed by atoms with E-state index in [0.29, 0.717) is 12.3 Å². The fourth-order valence-corrected chi connectivity index (χ4v) is 1.60. The van der Waals surface area contributed by atoms with E-state index in [-0.39, 0.29) is 5.78 Å². The number of allylic oxidation sites excluding steroid dienone is 2. The van der Waals surface area contributed by atoms with E-state index in [2.05, 4.69) is 24.0 Å². The van der Waals surface area contributed by atoms with Gasteiger partial charge in [-0.15, -0.1) is 0 Å². The normalized spacial score (nSPS) is 16.5. The molecule has 14 heavy (non-hydrogen) atoms. The van der Waals surface area contributed by atoms with Crippen molar-refractivity contribution in [2.24, 2.45) is 0 Å². The molecule has 0 unspecified atom stereocenters. The van der Waals surface area contributed by atoms with Crippen LogP contribution in [0.25, 0.3) is 5.57 Å². The molecule has 1 aliphatic rings. The summed E-state index contributed by atoms with van der Waals surface area (Å²) < 4.78 is 0. The third-order valence-electron chi connectivity index (χ3n) is 2.52. The molecule has 0 bridgehead atoms. The molecule has 1 N–H and O–H groups in total. The van der Waals surface area contributed by atoms with Crippen molar-refractivity contribution < 1.29 is 4.79 Å². The second kappa shape index (κ2) is 3.40. The average molecular weight is 190 g/mol. The van der Waals surface area contributed by atoms with Crippen LogP contribution in [0.5, 0.6) is 0 Å². The van der Waals surface area contributed by atoms with Crippen LogP contribution in [-0.2, 0) is 4.79 Å². The van der Waals surface area contributed by atoms with Crippen molar-refractivity contribution in [2.45, 2.75) is 32.6 Å². The van der Waals surface area contributed by atoms with Gasteiger partial charge in [0.2, 0.25) is 0 Å². The largest absolute Gasteiger partial charge is 0.295 e. The van der Waals surface area contributed by atoms with Gasteiger partial charge in [-0.05, 0) is 30.1 Å². The molecule has 1 aromatic rings. The van der Waals surface area contributed by atoms with E-state index in [1.165, 1.54) is 0 Å². The molecular formula is C11H14N2O.